The molecule has 1 heterocycles. The molecule has 3 aromatic rings. The van der Waals surface area contributed by atoms with Gasteiger partial charge in [-0.3, -0.25) is 9.69 Å². The van der Waals surface area contributed by atoms with E-state index < -0.39 is 10.0 Å². The molecule has 38 heavy (non-hydrogen) atoms. The number of carbonyl (C=O) groups is 1. The maximum Gasteiger partial charge on any atom is 0.309 e. The van der Waals surface area contributed by atoms with Gasteiger partial charge < -0.3 is 9.47 Å². The fourth-order valence-electron chi connectivity index (χ4n) is 4.26. The normalized spacial score (nSPS) is 14.8. The van der Waals surface area contributed by atoms with Gasteiger partial charge in [0.25, 0.3) is 0 Å². The first-order valence-electron chi connectivity index (χ1n) is 12.2. The Kier molecular flexibility index (Phi) is 9.33. The second-order valence-corrected chi connectivity index (χ2v) is 12.0. The van der Waals surface area contributed by atoms with Crippen LogP contribution >= 0.6 is 23.2 Å². The highest BCUT2D eigenvalue weighted by Gasteiger charge is 2.28. The monoisotopic (exact) mass is 576 g/mol. The van der Waals surface area contributed by atoms with Gasteiger partial charge in [0.1, 0.15) is 12.4 Å². The Bertz CT molecular complexity index is 1390. The third-order valence-corrected chi connectivity index (χ3v) is 9.12. The zero-order valence-electron chi connectivity index (χ0n) is 21.3. The van der Waals surface area contributed by atoms with Crippen LogP contribution in [0.1, 0.15) is 22.3 Å². The Hall–Kier alpha value is -2.62. The summed E-state index contributed by atoms with van der Waals surface area (Å²) in [6.45, 7) is 4.68. The number of hydrogen-bond donors (Lipinski definition) is 0. The van der Waals surface area contributed by atoms with Gasteiger partial charge in [-0.05, 0) is 48.4 Å². The lowest BCUT2D eigenvalue weighted by Crippen LogP contribution is -2.48. The van der Waals surface area contributed by atoms with Crippen molar-refractivity contribution in [2.75, 3.05) is 33.3 Å². The molecule has 4 rings (SSSR count). The summed E-state index contributed by atoms with van der Waals surface area (Å²) in [4.78, 5) is 14.3. The van der Waals surface area contributed by atoms with Crippen LogP contribution in [0.5, 0.6) is 5.75 Å². The molecular weight excluding hydrogens is 547 g/mol. The number of methoxy groups -OCH3 is 1. The molecular formula is C28H30Cl2N2O5S. The van der Waals surface area contributed by atoms with Gasteiger partial charge in [0, 0.05) is 38.3 Å². The van der Waals surface area contributed by atoms with Crippen LogP contribution in [0.2, 0.25) is 10.0 Å². The molecule has 0 N–H and O–H groups in total. The van der Waals surface area contributed by atoms with Crippen molar-refractivity contribution in [1.29, 1.82) is 0 Å². The van der Waals surface area contributed by atoms with E-state index in [2.05, 4.69) is 4.90 Å². The van der Waals surface area contributed by atoms with Crippen molar-refractivity contribution < 1.29 is 22.7 Å². The number of nitrogens with zero attached hydrogens (tertiary/aromatic N) is 2. The van der Waals surface area contributed by atoms with E-state index in [9.17, 15) is 13.2 Å². The standard InChI is InChI=1S/C28H30Cl2N2O5S/c1-20-3-7-24(8-4-20)38(34,35)32-13-11-31(12-14-32)18-23-15-21(17-28(33)36-2)6-10-27(23)37-19-22-5-9-25(29)26(30)16-22/h3-10,15-16H,11-14,17-19H2,1-2H3. The maximum absolute atomic E-state index is 13.1. The van der Waals surface area contributed by atoms with E-state index in [1.54, 1.807) is 24.3 Å². The van der Waals surface area contributed by atoms with E-state index in [0.29, 0.717) is 60.0 Å². The minimum Gasteiger partial charge on any atom is -0.489 e. The minimum absolute atomic E-state index is 0.152. The number of aryl methyl sites for hydroxylation is 1. The van der Waals surface area contributed by atoms with E-state index in [4.69, 9.17) is 32.7 Å². The fourth-order valence-corrected chi connectivity index (χ4v) is 6.01. The Morgan fingerprint density at radius 1 is 0.895 bits per heavy atom. The van der Waals surface area contributed by atoms with E-state index in [1.165, 1.54) is 11.4 Å². The first kappa shape index (κ1) is 28.4. The molecule has 1 fully saturated rings. The zero-order valence-corrected chi connectivity index (χ0v) is 23.7. The number of ether oxygens (including phenoxy) is 2. The summed E-state index contributed by atoms with van der Waals surface area (Å²) in [6.07, 6.45) is 0.152. The Labute approximate surface area is 233 Å². The van der Waals surface area contributed by atoms with Crippen molar-refractivity contribution in [3.05, 3.63) is 93.0 Å². The Morgan fingerprint density at radius 3 is 2.24 bits per heavy atom. The highest BCUT2D eigenvalue weighted by atomic mass is 35.5. The molecule has 0 amide bonds. The fraction of sp³-hybridized carbons (Fsp3) is 0.321. The van der Waals surface area contributed by atoms with Crippen LogP contribution < -0.4 is 4.74 Å². The van der Waals surface area contributed by atoms with Gasteiger partial charge in [0.15, 0.2) is 0 Å². The molecule has 0 bridgehead atoms. The molecule has 3 aromatic carbocycles. The number of halogens is 2. The highest BCUT2D eigenvalue weighted by Crippen LogP contribution is 2.27. The zero-order chi connectivity index (χ0) is 27.3. The highest BCUT2D eigenvalue weighted by molar-refractivity contribution is 7.89. The number of carbonyl (C=O) groups excluding carboxylic acids is 1. The molecule has 0 aliphatic carbocycles. The Morgan fingerprint density at radius 2 is 1.58 bits per heavy atom. The first-order valence-corrected chi connectivity index (χ1v) is 14.4. The molecule has 0 spiro atoms. The average molecular weight is 578 g/mol. The predicted molar refractivity (Wildman–Crippen MR) is 148 cm³/mol. The van der Waals surface area contributed by atoms with Gasteiger partial charge in [-0.2, -0.15) is 4.31 Å². The maximum atomic E-state index is 13.1. The van der Waals surface area contributed by atoms with E-state index in [1.807, 2.05) is 43.3 Å². The summed E-state index contributed by atoms with van der Waals surface area (Å²) in [7, 11) is -2.18. The lowest BCUT2D eigenvalue weighted by atomic mass is 10.1. The van der Waals surface area contributed by atoms with Crippen molar-refractivity contribution in [2.24, 2.45) is 0 Å². The molecule has 1 saturated heterocycles. The molecule has 0 saturated carbocycles. The molecule has 10 heteroatoms. The summed E-state index contributed by atoms with van der Waals surface area (Å²) >= 11 is 12.2. The molecule has 202 valence electrons. The summed E-state index contributed by atoms with van der Waals surface area (Å²) in [5.41, 5.74) is 3.61. The molecule has 7 nitrogen and oxygen atoms in total. The predicted octanol–water partition coefficient (Wildman–Crippen LogP) is 5.10. The van der Waals surface area contributed by atoms with Crippen molar-refractivity contribution >= 4 is 39.2 Å². The van der Waals surface area contributed by atoms with Crippen LogP contribution in [0.25, 0.3) is 0 Å². The van der Waals surface area contributed by atoms with E-state index in [-0.39, 0.29) is 12.4 Å². The number of piperazine rings is 1. The van der Waals surface area contributed by atoms with Gasteiger partial charge in [0.2, 0.25) is 10.0 Å². The number of rotatable bonds is 9. The molecule has 0 atom stereocenters. The van der Waals surface area contributed by atoms with Crippen LogP contribution in [0.15, 0.2) is 65.6 Å². The van der Waals surface area contributed by atoms with Crippen molar-refractivity contribution in [2.45, 2.75) is 31.4 Å². The number of sulfonamides is 1. The smallest absolute Gasteiger partial charge is 0.309 e. The minimum atomic E-state index is -3.54. The number of hydrogen-bond acceptors (Lipinski definition) is 6. The molecule has 1 aliphatic heterocycles. The average Bonchev–Trinajstić information content (AvgIpc) is 2.90. The van der Waals surface area contributed by atoms with Crippen molar-refractivity contribution in [1.82, 2.24) is 9.21 Å². The largest absolute Gasteiger partial charge is 0.489 e. The lowest BCUT2D eigenvalue weighted by molar-refractivity contribution is -0.139. The second kappa shape index (κ2) is 12.5. The van der Waals surface area contributed by atoms with E-state index >= 15 is 0 Å². The van der Waals surface area contributed by atoms with Crippen molar-refractivity contribution in [3.8, 4) is 5.75 Å². The SMILES string of the molecule is COC(=O)Cc1ccc(OCc2ccc(Cl)c(Cl)c2)c(CN2CCN(S(=O)(=O)c3ccc(C)cc3)CC2)c1. The van der Waals surface area contributed by atoms with Crippen LogP contribution in [-0.2, 0) is 39.1 Å². The van der Waals surface area contributed by atoms with Gasteiger partial charge in [-0.25, -0.2) is 8.42 Å². The van der Waals surface area contributed by atoms with Crippen LogP contribution in [0.4, 0.5) is 0 Å². The number of benzene rings is 3. The van der Waals surface area contributed by atoms with Crippen LogP contribution in [0.3, 0.4) is 0 Å². The Balaban J connectivity index is 1.46. The molecule has 1 aliphatic rings. The van der Waals surface area contributed by atoms with Crippen LogP contribution in [0, 0.1) is 6.92 Å². The van der Waals surface area contributed by atoms with Gasteiger partial charge in [-0.15, -0.1) is 0 Å². The first-order chi connectivity index (χ1) is 18.2. The van der Waals surface area contributed by atoms with Crippen LogP contribution in [-0.4, -0.2) is 56.9 Å². The third kappa shape index (κ3) is 7.07. The van der Waals surface area contributed by atoms with Gasteiger partial charge in [-0.1, -0.05) is 59.1 Å². The molecule has 0 aromatic heterocycles. The summed E-state index contributed by atoms with van der Waals surface area (Å²) < 4.78 is 38.7. The topological polar surface area (TPSA) is 76.2 Å². The third-order valence-electron chi connectivity index (χ3n) is 6.46. The quantitative estimate of drug-likeness (QED) is 0.330. The number of esters is 1. The van der Waals surface area contributed by atoms with Crippen molar-refractivity contribution in [3.63, 3.8) is 0 Å². The summed E-state index contributed by atoms with van der Waals surface area (Å²) in [6, 6.07) is 17.9. The summed E-state index contributed by atoms with van der Waals surface area (Å²) in [5.74, 6) is 0.356. The lowest BCUT2D eigenvalue weighted by Gasteiger charge is -2.34. The van der Waals surface area contributed by atoms with E-state index in [0.717, 1.165) is 22.3 Å². The summed E-state index contributed by atoms with van der Waals surface area (Å²) in [5, 5.41) is 0.937. The molecule has 0 unspecified atom stereocenters. The van der Waals surface area contributed by atoms with Gasteiger partial charge in [0.05, 0.1) is 28.5 Å². The second-order valence-electron chi connectivity index (χ2n) is 9.23. The van der Waals surface area contributed by atoms with Gasteiger partial charge >= 0.3 is 5.97 Å². The molecule has 0 radical (unpaired) electrons.